The highest BCUT2D eigenvalue weighted by molar-refractivity contribution is 7.45. The van der Waals surface area contributed by atoms with Crippen molar-refractivity contribution in [2.75, 3.05) is 0 Å². The minimum atomic E-state index is -4.64. The highest BCUT2D eigenvalue weighted by atomic mass is 31.2. The topological polar surface area (TPSA) is 133 Å². The first-order valence-electron chi connectivity index (χ1n) is 9.40. The molecular formula is C18H31O10P. The van der Waals surface area contributed by atoms with Crippen molar-refractivity contribution in [1.29, 1.82) is 0 Å². The minimum absolute atomic E-state index is 0.470. The summed E-state index contributed by atoms with van der Waals surface area (Å²) in [7, 11) is -4.64. The Kier molecular flexibility index (Phi) is 17.6. The smallest absolute Gasteiger partial charge is 0.311 e. The molecule has 11 heteroatoms. The maximum Gasteiger partial charge on any atom is 0.466 e. The van der Waals surface area contributed by atoms with Gasteiger partial charge in [-0.3, -0.25) is 0 Å². The normalized spacial score (nSPS) is 11.6. The zero-order valence-electron chi connectivity index (χ0n) is 16.8. The van der Waals surface area contributed by atoms with E-state index in [9.17, 15) is 0 Å². The van der Waals surface area contributed by atoms with Crippen LogP contribution in [-0.4, -0.2) is 14.7 Å². The second-order valence-corrected chi connectivity index (χ2v) is 6.92. The van der Waals surface area contributed by atoms with Crippen molar-refractivity contribution >= 4 is 7.82 Å². The van der Waals surface area contributed by atoms with Crippen LogP contribution in [0.25, 0.3) is 0 Å². The molecule has 0 radical (unpaired) electrons. The van der Waals surface area contributed by atoms with E-state index in [0.717, 1.165) is 44.3 Å². The number of phosphoric acid groups is 1. The summed E-state index contributed by atoms with van der Waals surface area (Å²) in [5.74, 6) is 1.20. The molecule has 0 atom stereocenters. The van der Waals surface area contributed by atoms with E-state index in [4.69, 9.17) is 29.0 Å². The largest absolute Gasteiger partial charge is 0.466 e. The molecule has 1 aromatic carbocycles. The van der Waals surface area contributed by atoms with Crippen LogP contribution in [0.3, 0.4) is 0 Å². The monoisotopic (exact) mass is 438 g/mol. The van der Waals surface area contributed by atoms with Crippen LogP contribution < -0.4 is 4.89 Å². The Bertz CT molecular complexity index is 553. The molecule has 1 aromatic rings. The fraction of sp³-hybridized carbons (Fsp3) is 0.556. The lowest BCUT2D eigenvalue weighted by molar-refractivity contribution is -0.741. The van der Waals surface area contributed by atoms with Gasteiger partial charge < -0.3 is 24.5 Å². The lowest BCUT2D eigenvalue weighted by Gasteiger charge is -2.07. The molecule has 0 unspecified atom stereocenters. The van der Waals surface area contributed by atoms with Gasteiger partial charge in [0.2, 0.25) is 0 Å². The van der Waals surface area contributed by atoms with E-state index in [1.807, 2.05) is 12.1 Å². The second-order valence-electron chi connectivity index (χ2n) is 5.89. The molecule has 0 bridgehead atoms. The predicted octanol–water partition coefficient (Wildman–Crippen LogP) is 4.84. The number of rotatable bonds is 15. The number of hydrogen-bond acceptors (Lipinski definition) is 7. The summed E-state index contributed by atoms with van der Waals surface area (Å²) in [5, 5.41) is 17.5. The zero-order chi connectivity index (χ0) is 21.8. The van der Waals surface area contributed by atoms with Gasteiger partial charge in [0.15, 0.2) is 5.75 Å². The second kappa shape index (κ2) is 18.5. The third-order valence-corrected chi connectivity index (χ3v) is 3.30. The molecule has 0 saturated heterocycles. The molecule has 10 nitrogen and oxygen atoms in total. The van der Waals surface area contributed by atoms with Gasteiger partial charge in [-0.25, -0.2) is 4.57 Å². The molecule has 0 heterocycles. The first kappa shape index (κ1) is 27.5. The molecule has 168 valence electrons. The average Bonchev–Trinajstić information content (AvgIpc) is 2.67. The van der Waals surface area contributed by atoms with E-state index < -0.39 is 7.82 Å². The standard InChI is InChI=1S/C18H28O6.H3O4P/c1-3-5-7-10-14-17(13-9-6-4-2)19-21-23-24-22-20-18-15-11-8-12-16-18;1-5(2,3)4/h8,11-12,14-16H,3-7,9-10,13H2,1-2H3;(H3,1,2,3,4). The summed E-state index contributed by atoms with van der Waals surface area (Å²) in [6, 6.07) is 8.85. The number of benzene rings is 1. The minimum Gasteiger partial charge on any atom is -0.311 e. The van der Waals surface area contributed by atoms with E-state index in [-0.39, 0.29) is 0 Å². The SMILES string of the molecule is CCCCCC=C(CCCCC)OOOOOOc1ccccc1.O=P(O)(O)O. The number of hydrogen-bond donors (Lipinski definition) is 3. The summed E-state index contributed by atoms with van der Waals surface area (Å²) in [4.78, 5) is 31.4. The molecule has 29 heavy (non-hydrogen) atoms. The van der Waals surface area contributed by atoms with Crippen molar-refractivity contribution in [3.8, 4) is 5.75 Å². The Morgan fingerprint density at radius 3 is 2.10 bits per heavy atom. The first-order chi connectivity index (χ1) is 13.9. The molecular weight excluding hydrogens is 407 g/mol. The van der Waals surface area contributed by atoms with Gasteiger partial charge in [-0.05, 0) is 37.5 Å². The molecule has 0 fully saturated rings. The lowest BCUT2D eigenvalue weighted by atomic mass is 10.1. The van der Waals surface area contributed by atoms with Gasteiger partial charge in [0.05, 0.1) is 0 Å². The quantitative estimate of drug-likeness (QED) is 0.115. The molecule has 0 aliphatic carbocycles. The number of unbranched alkanes of at least 4 members (excludes halogenated alkanes) is 5. The van der Waals surface area contributed by atoms with E-state index in [2.05, 4.69) is 34.0 Å². The summed E-state index contributed by atoms with van der Waals surface area (Å²) in [5.41, 5.74) is 0. The molecule has 0 saturated carbocycles. The molecule has 0 aliphatic heterocycles. The summed E-state index contributed by atoms with van der Waals surface area (Å²) < 4.78 is 8.88. The van der Waals surface area contributed by atoms with Crippen molar-refractivity contribution in [2.24, 2.45) is 0 Å². The first-order valence-corrected chi connectivity index (χ1v) is 11.0. The Balaban J connectivity index is 0.00000139. The number of allylic oxidation sites excluding steroid dienone is 2. The fourth-order valence-electron chi connectivity index (χ4n) is 1.99. The van der Waals surface area contributed by atoms with Gasteiger partial charge >= 0.3 is 7.82 Å². The van der Waals surface area contributed by atoms with Crippen molar-refractivity contribution in [1.82, 2.24) is 0 Å². The van der Waals surface area contributed by atoms with Crippen LogP contribution in [-0.2, 0) is 29.6 Å². The maximum absolute atomic E-state index is 8.88. The predicted molar refractivity (Wildman–Crippen MR) is 103 cm³/mol. The van der Waals surface area contributed by atoms with Crippen LogP contribution in [0.5, 0.6) is 5.75 Å². The van der Waals surface area contributed by atoms with E-state index in [1.54, 1.807) is 24.3 Å². The van der Waals surface area contributed by atoms with Crippen molar-refractivity contribution in [3.63, 3.8) is 0 Å². The van der Waals surface area contributed by atoms with Crippen LogP contribution in [0.15, 0.2) is 42.2 Å². The summed E-state index contributed by atoms with van der Waals surface area (Å²) >= 11 is 0. The Hall–Kier alpha value is -1.49. The van der Waals surface area contributed by atoms with Gasteiger partial charge in [-0.1, -0.05) is 57.7 Å². The van der Waals surface area contributed by atoms with E-state index >= 15 is 0 Å². The van der Waals surface area contributed by atoms with Gasteiger partial charge in [0.1, 0.15) is 5.76 Å². The average molecular weight is 438 g/mol. The van der Waals surface area contributed by atoms with Crippen molar-refractivity contribution < 1.29 is 49.2 Å². The Labute approximate surface area is 170 Å². The Morgan fingerprint density at radius 1 is 0.897 bits per heavy atom. The van der Waals surface area contributed by atoms with Crippen LogP contribution in [0, 0.1) is 0 Å². The van der Waals surface area contributed by atoms with Crippen LogP contribution >= 0.6 is 7.82 Å². The molecule has 0 aromatic heterocycles. The van der Waals surface area contributed by atoms with E-state index in [0.29, 0.717) is 5.75 Å². The maximum atomic E-state index is 8.88. The Morgan fingerprint density at radius 2 is 1.48 bits per heavy atom. The molecule has 1 rings (SSSR count). The van der Waals surface area contributed by atoms with Gasteiger partial charge in [0.25, 0.3) is 0 Å². The van der Waals surface area contributed by atoms with Crippen LogP contribution in [0.2, 0.25) is 0 Å². The lowest BCUT2D eigenvalue weighted by Crippen LogP contribution is -2.03. The molecule has 0 aliphatic rings. The van der Waals surface area contributed by atoms with Crippen molar-refractivity contribution in [3.05, 3.63) is 42.2 Å². The van der Waals surface area contributed by atoms with Crippen LogP contribution in [0.1, 0.15) is 65.2 Å². The molecule has 0 spiro atoms. The zero-order valence-corrected chi connectivity index (χ0v) is 17.7. The van der Waals surface area contributed by atoms with Gasteiger partial charge in [-0.2, -0.15) is 0 Å². The third-order valence-electron chi connectivity index (χ3n) is 3.30. The highest BCUT2D eigenvalue weighted by Crippen LogP contribution is 2.25. The summed E-state index contributed by atoms with van der Waals surface area (Å²) in [6.07, 6.45) is 10.6. The van der Waals surface area contributed by atoms with Crippen LogP contribution in [0.4, 0.5) is 0 Å². The third kappa shape index (κ3) is 22.7. The fourth-order valence-corrected chi connectivity index (χ4v) is 1.99. The molecule has 0 amide bonds. The summed E-state index contributed by atoms with van der Waals surface area (Å²) in [6.45, 7) is 4.33. The number of para-hydroxylation sites is 1. The van der Waals surface area contributed by atoms with E-state index in [1.165, 1.54) is 12.8 Å². The van der Waals surface area contributed by atoms with Gasteiger partial charge in [-0.15, -0.1) is 0 Å². The highest BCUT2D eigenvalue weighted by Gasteiger charge is 2.03. The molecule has 3 N–H and O–H groups in total. The van der Waals surface area contributed by atoms with Gasteiger partial charge in [0, 0.05) is 26.6 Å². The van der Waals surface area contributed by atoms with Crippen molar-refractivity contribution in [2.45, 2.75) is 65.2 Å².